The van der Waals surface area contributed by atoms with Crippen molar-refractivity contribution in [3.8, 4) is 11.3 Å². The fourth-order valence-electron chi connectivity index (χ4n) is 4.20. The summed E-state index contributed by atoms with van der Waals surface area (Å²) in [4.78, 5) is 9.08. The molecule has 3 N–H and O–H groups in total. The van der Waals surface area contributed by atoms with Crippen LogP contribution in [0.25, 0.3) is 11.3 Å². The molecule has 5 heteroatoms. The molecule has 120 valence electrons. The minimum Gasteiger partial charge on any atom is -0.385 e. The van der Waals surface area contributed by atoms with E-state index in [1.165, 1.54) is 19.3 Å². The van der Waals surface area contributed by atoms with Crippen LogP contribution in [0.4, 0.5) is 5.82 Å². The molecule has 0 radical (unpaired) electrons. The van der Waals surface area contributed by atoms with Crippen LogP contribution in [0.5, 0.6) is 0 Å². The van der Waals surface area contributed by atoms with Crippen LogP contribution in [0.1, 0.15) is 49.6 Å². The lowest BCUT2D eigenvalue weighted by atomic mass is 9.49. The second-order valence-corrected chi connectivity index (χ2v) is 7.77. The van der Waals surface area contributed by atoms with Crippen molar-refractivity contribution in [3.05, 3.63) is 29.8 Å². The minimum absolute atomic E-state index is 0.234. The van der Waals surface area contributed by atoms with Crippen LogP contribution in [0.2, 0.25) is 0 Å². The first-order valence-electron chi connectivity index (χ1n) is 8.56. The molecule has 5 nitrogen and oxygen atoms in total. The average molecular weight is 310 g/mol. The molecule has 0 amide bonds. The van der Waals surface area contributed by atoms with Gasteiger partial charge >= 0.3 is 0 Å². The Hall–Kier alpha value is -1.88. The molecule has 2 aromatic rings. The highest BCUT2D eigenvalue weighted by Gasteiger charge is 2.59. The number of nitrogens with zero attached hydrogens (tertiary/aromatic N) is 3. The summed E-state index contributed by atoms with van der Waals surface area (Å²) in [6.07, 6.45) is 9.43. The molecule has 2 heterocycles. The summed E-state index contributed by atoms with van der Waals surface area (Å²) in [6, 6.07) is 2.03. The van der Waals surface area contributed by atoms with Crippen LogP contribution in [0, 0.1) is 18.8 Å². The van der Waals surface area contributed by atoms with Crippen molar-refractivity contribution in [2.75, 3.05) is 5.73 Å². The third kappa shape index (κ3) is 1.89. The van der Waals surface area contributed by atoms with Crippen molar-refractivity contribution in [2.45, 2.75) is 50.7 Å². The summed E-state index contributed by atoms with van der Waals surface area (Å²) >= 11 is 0. The number of anilines is 1. The third-order valence-electron chi connectivity index (χ3n) is 6.00. The SMILES string of the molecule is Cc1cc(-c2cn(C34CC(C3)C4)c(C(O)C3CC3)n2)cnc1N. The number of rotatable bonds is 4. The van der Waals surface area contributed by atoms with Gasteiger partial charge in [-0.25, -0.2) is 9.97 Å². The Labute approximate surface area is 135 Å². The standard InChI is InChI=1S/C18H22N4O/c1-10-4-13(8-20-16(10)19)14-9-22(18-5-11(6-18)7-18)17(21-14)15(23)12-2-3-12/h4,8-9,11-12,15,23H,2-3,5-7H2,1H3,(H2,19,20). The predicted octanol–water partition coefficient (Wildman–Crippen LogP) is 2.79. The summed E-state index contributed by atoms with van der Waals surface area (Å²) in [5.41, 5.74) is 8.91. The number of aryl methyl sites for hydroxylation is 1. The molecular weight excluding hydrogens is 288 g/mol. The molecule has 2 bridgehead atoms. The Bertz CT molecular complexity index is 775. The largest absolute Gasteiger partial charge is 0.385 e. The molecule has 1 unspecified atom stereocenters. The van der Waals surface area contributed by atoms with E-state index in [1.807, 2.05) is 13.0 Å². The topological polar surface area (TPSA) is 77.0 Å². The second kappa shape index (κ2) is 4.35. The summed E-state index contributed by atoms with van der Waals surface area (Å²) < 4.78 is 2.29. The van der Waals surface area contributed by atoms with Gasteiger partial charge in [-0.15, -0.1) is 0 Å². The number of aliphatic hydroxyl groups excluding tert-OH is 1. The van der Waals surface area contributed by atoms with Crippen molar-refractivity contribution < 1.29 is 5.11 Å². The minimum atomic E-state index is -0.430. The fraction of sp³-hybridized carbons (Fsp3) is 0.556. The van der Waals surface area contributed by atoms with Crippen molar-refractivity contribution in [1.29, 1.82) is 0 Å². The molecule has 0 saturated heterocycles. The number of nitrogens with two attached hydrogens (primary N) is 1. The van der Waals surface area contributed by atoms with Gasteiger partial charge in [0.25, 0.3) is 0 Å². The monoisotopic (exact) mass is 310 g/mol. The van der Waals surface area contributed by atoms with Crippen LogP contribution < -0.4 is 5.73 Å². The van der Waals surface area contributed by atoms with E-state index in [2.05, 4.69) is 15.7 Å². The number of imidazole rings is 1. The lowest BCUT2D eigenvalue weighted by Gasteiger charge is -2.62. The number of hydrogen-bond acceptors (Lipinski definition) is 4. The zero-order chi connectivity index (χ0) is 15.8. The van der Waals surface area contributed by atoms with Crippen molar-refractivity contribution in [1.82, 2.24) is 14.5 Å². The normalized spacial score (nSPS) is 29.7. The molecule has 4 aliphatic rings. The molecule has 6 rings (SSSR count). The van der Waals surface area contributed by atoms with Gasteiger partial charge < -0.3 is 15.4 Å². The van der Waals surface area contributed by atoms with Gasteiger partial charge in [0.1, 0.15) is 17.7 Å². The van der Waals surface area contributed by atoms with Gasteiger partial charge in [0.2, 0.25) is 0 Å². The van der Waals surface area contributed by atoms with E-state index in [1.54, 1.807) is 6.20 Å². The quantitative estimate of drug-likeness (QED) is 0.910. The van der Waals surface area contributed by atoms with Crippen molar-refractivity contribution in [3.63, 3.8) is 0 Å². The Morgan fingerprint density at radius 1 is 1.35 bits per heavy atom. The van der Waals surface area contributed by atoms with Crippen LogP contribution in [-0.2, 0) is 5.54 Å². The van der Waals surface area contributed by atoms with Gasteiger partial charge in [0, 0.05) is 23.5 Å². The van der Waals surface area contributed by atoms with E-state index >= 15 is 0 Å². The lowest BCUT2D eigenvalue weighted by molar-refractivity contribution is -0.0943. The summed E-state index contributed by atoms with van der Waals surface area (Å²) in [5.74, 6) is 2.70. The van der Waals surface area contributed by atoms with E-state index in [-0.39, 0.29) is 5.54 Å². The Balaban J connectivity index is 1.59. The van der Waals surface area contributed by atoms with Gasteiger partial charge in [-0.1, -0.05) is 0 Å². The average Bonchev–Trinajstić information content (AvgIpc) is 3.19. The van der Waals surface area contributed by atoms with E-state index in [0.29, 0.717) is 11.7 Å². The van der Waals surface area contributed by atoms with E-state index in [0.717, 1.165) is 41.4 Å². The van der Waals surface area contributed by atoms with Crippen molar-refractivity contribution in [2.24, 2.45) is 11.8 Å². The summed E-state index contributed by atoms with van der Waals surface area (Å²) in [6.45, 7) is 1.96. The molecule has 0 aliphatic heterocycles. The van der Waals surface area contributed by atoms with Gasteiger partial charge in [-0.05, 0) is 62.5 Å². The van der Waals surface area contributed by atoms with Gasteiger partial charge in [0.05, 0.1) is 5.69 Å². The highest BCUT2D eigenvalue weighted by molar-refractivity contribution is 5.61. The molecule has 1 atom stereocenters. The number of aromatic nitrogens is 3. The summed E-state index contributed by atoms with van der Waals surface area (Å²) in [5, 5.41) is 10.7. The number of pyridine rings is 1. The number of nitrogen functional groups attached to an aromatic ring is 1. The Morgan fingerprint density at radius 3 is 2.65 bits per heavy atom. The molecule has 23 heavy (non-hydrogen) atoms. The highest BCUT2D eigenvalue weighted by Crippen LogP contribution is 2.63. The van der Waals surface area contributed by atoms with Crippen LogP contribution in [-0.4, -0.2) is 19.6 Å². The third-order valence-corrected chi connectivity index (χ3v) is 6.00. The van der Waals surface area contributed by atoms with Gasteiger partial charge in [0.15, 0.2) is 0 Å². The summed E-state index contributed by atoms with van der Waals surface area (Å²) in [7, 11) is 0. The fourth-order valence-corrected chi connectivity index (χ4v) is 4.20. The maximum Gasteiger partial charge on any atom is 0.139 e. The second-order valence-electron chi connectivity index (χ2n) is 7.77. The molecule has 0 aromatic carbocycles. The number of hydrogen-bond donors (Lipinski definition) is 2. The van der Waals surface area contributed by atoms with E-state index in [9.17, 15) is 5.11 Å². The zero-order valence-corrected chi connectivity index (χ0v) is 13.4. The predicted molar refractivity (Wildman–Crippen MR) is 87.6 cm³/mol. The Kier molecular flexibility index (Phi) is 2.56. The van der Waals surface area contributed by atoms with Gasteiger partial charge in [-0.3, -0.25) is 0 Å². The van der Waals surface area contributed by atoms with Gasteiger partial charge in [-0.2, -0.15) is 0 Å². The smallest absolute Gasteiger partial charge is 0.139 e. The molecule has 4 fully saturated rings. The Morgan fingerprint density at radius 2 is 2.09 bits per heavy atom. The van der Waals surface area contributed by atoms with Crippen molar-refractivity contribution >= 4 is 5.82 Å². The van der Waals surface area contributed by atoms with Crippen LogP contribution in [0.15, 0.2) is 18.5 Å². The van der Waals surface area contributed by atoms with E-state index < -0.39 is 6.10 Å². The molecule has 4 saturated carbocycles. The lowest BCUT2D eigenvalue weighted by Crippen LogP contribution is -2.59. The highest BCUT2D eigenvalue weighted by atomic mass is 16.3. The zero-order valence-electron chi connectivity index (χ0n) is 13.4. The molecule has 4 aliphatic carbocycles. The first-order chi connectivity index (χ1) is 11.1. The van der Waals surface area contributed by atoms with Crippen LogP contribution >= 0.6 is 0 Å². The maximum atomic E-state index is 10.7. The molecule has 0 spiro atoms. The maximum absolute atomic E-state index is 10.7. The molecule has 2 aromatic heterocycles. The first kappa shape index (κ1) is 13.5. The van der Waals surface area contributed by atoms with Crippen LogP contribution in [0.3, 0.4) is 0 Å². The van der Waals surface area contributed by atoms with E-state index in [4.69, 9.17) is 10.7 Å². The first-order valence-corrected chi connectivity index (χ1v) is 8.56. The molecular formula is C18H22N4O. The number of aliphatic hydroxyl groups is 1.